The fourth-order valence-corrected chi connectivity index (χ4v) is 3.28. The minimum Gasteiger partial charge on any atom is -0.480 e. The molecule has 1 rings (SSSR count). The highest BCUT2D eigenvalue weighted by Gasteiger charge is 2.22. The van der Waals surface area contributed by atoms with Crippen LogP contribution in [-0.2, 0) is 23.9 Å². The number of carbonyl (C=O) groups is 3. The van der Waals surface area contributed by atoms with Crippen molar-refractivity contribution in [3.63, 3.8) is 0 Å². The molecule has 10 heteroatoms. The quantitative estimate of drug-likeness (QED) is 0.538. The van der Waals surface area contributed by atoms with Gasteiger partial charge < -0.3 is 19.9 Å². The summed E-state index contributed by atoms with van der Waals surface area (Å²) in [6.07, 6.45) is 0. The molecular weight excluding hydrogens is 416 g/mol. The van der Waals surface area contributed by atoms with Gasteiger partial charge in [0.25, 0.3) is 0 Å². The van der Waals surface area contributed by atoms with Crippen LogP contribution in [0.5, 0.6) is 0 Å². The topological polar surface area (TPSA) is 112 Å². The van der Waals surface area contributed by atoms with Crippen LogP contribution in [0.3, 0.4) is 0 Å². The Labute approximate surface area is 192 Å². The molecule has 0 atom stereocenters. The van der Waals surface area contributed by atoms with Gasteiger partial charge >= 0.3 is 17.9 Å². The van der Waals surface area contributed by atoms with Gasteiger partial charge in [0.15, 0.2) is 0 Å². The molecule has 1 aliphatic rings. The van der Waals surface area contributed by atoms with Crippen molar-refractivity contribution in [2.45, 2.75) is 52.7 Å². The normalized spacial score (nSPS) is 18.9. The van der Waals surface area contributed by atoms with Gasteiger partial charge in [0.05, 0.1) is 19.6 Å². The second-order valence-corrected chi connectivity index (χ2v) is 10.1. The maximum Gasteiger partial charge on any atom is 0.320 e. The molecule has 1 saturated heterocycles. The van der Waals surface area contributed by atoms with Crippen molar-refractivity contribution in [3.8, 4) is 0 Å². The zero-order chi connectivity index (χ0) is 24.4. The summed E-state index contributed by atoms with van der Waals surface area (Å²) in [6.45, 7) is 15.9. The Hall–Kier alpha value is -1.75. The fourth-order valence-electron chi connectivity index (χ4n) is 3.28. The highest BCUT2D eigenvalue weighted by molar-refractivity contribution is 5.72. The summed E-state index contributed by atoms with van der Waals surface area (Å²) in [5, 5.41) is 12.7. The number of aliphatic carboxylic acids is 1. The van der Waals surface area contributed by atoms with Crippen LogP contribution in [0.2, 0.25) is 0 Å². The van der Waals surface area contributed by atoms with Crippen LogP contribution in [0.15, 0.2) is 0 Å². The lowest BCUT2D eigenvalue weighted by Gasteiger charge is -2.31. The number of carboxylic acids is 1. The van der Waals surface area contributed by atoms with Gasteiger partial charge in [-0.2, -0.15) is 0 Å². The number of carboxylic acid groups (broad SMARTS) is 1. The van der Waals surface area contributed by atoms with E-state index in [1.165, 1.54) is 0 Å². The van der Waals surface area contributed by atoms with Crippen molar-refractivity contribution in [3.05, 3.63) is 0 Å². The molecule has 0 radical (unpaired) electrons. The summed E-state index contributed by atoms with van der Waals surface area (Å²) in [7, 11) is 0. The first-order valence-electron chi connectivity index (χ1n) is 11.3. The monoisotopic (exact) mass is 458 g/mol. The molecule has 0 aromatic rings. The second kappa shape index (κ2) is 13.1. The third-order valence-corrected chi connectivity index (χ3v) is 4.58. The standard InChI is InChI=1S/C22H42N4O6/c1-21(2,3)31-19(29)16-24-9-7-23-8-10-25(17-20(30)32-22(4,5)6)12-14-26(13-11-24)15-18(27)28/h23H,7-17H2,1-6H3,(H,27,28). The predicted octanol–water partition coefficient (Wildman–Crippen LogP) is 0.264. The molecule has 0 amide bonds. The van der Waals surface area contributed by atoms with Crippen molar-refractivity contribution in [1.29, 1.82) is 0 Å². The highest BCUT2D eigenvalue weighted by Crippen LogP contribution is 2.09. The van der Waals surface area contributed by atoms with Gasteiger partial charge in [-0.1, -0.05) is 0 Å². The lowest BCUT2D eigenvalue weighted by atomic mass is 10.2. The summed E-state index contributed by atoms with van der Waals surface area (Å²) < 4.78 is 10.9. The van der Waals surface area contributed by atoms with E-state index in [4.69, 9.17) is 9.47 Å². The van der Waals surface area contributed by atoms with Crippen LogP contribution in [0.25, 0.3) is 0 Å². The Morgan fingerprint density at radius 2 is 1.03 bits per heavy atom. The maximum absolute atomic E-state index is 12.3. The third-order valence-electron chi connectivity index (χ3n) is 4.58. The molecule has 0 spiro atoms. The summed E-state index contributed by atoms with van der Waals surface area (Å²) >= 11 is 0. The molecular formula is C22H42N4O6. The first-order valence-corrected chi connectivity index (χ1v) is 11.3. The van der Waals surface area contributed by atoms with Gasteiger partial charge in [0.2, 0.25) is 0 Å². The van der Waals surface area contributed by atoms with Crippen LogP contribution in [-0.4, -0.2) is 121 Å². The molecule has 0 saturated carbocycles. The zero-order valence-corrected chi connectivity index (χ0v) is 20.6. The molecule has 1 fully saturated rings. The second-order valence-electron chi connectivity index (χ2n) is 10.1. The van der Waals surface area contributed by atoms with Gasteiger partial charge in [-0.15, -0.1) is 0 Å². The Bertz CT molecular complexity index is 571. The van der Waals surface area contributed by atoms with Crippen LogP contribution >= 0.6 is 0 Å². The number of ether oxygens (including phenoxy) is 2. The molecule has 0 bridgehead atoms. The maximum atomic E-state index is 12.3. The van der Waals surface area contributed by atoms with Gasteiger partial charge in [-0.05, 0) is 41.5 Å². The largest absolute Gasteiger partial charge is 0.480 e. The van der Waals surface area contributed by atoms with Crippen LogP contribution < -0.4 is 5.32 Å². The molecule has 186 valence electrons. The first-order chi connectivity index (χ1) is 14.7. The zero-order valence-electron chi connectivity index (χ0n) is 20.6. The number of nitrogens with one attached hydrogen (secondary N) is 1. The molecule has 1 heterocycles. The summed E-state index contributed by atoms with van der Waals surface area (Å²) in [6, 6.07) is 0. The lowest BCUT2D eigenvalue weighted by molar-refractivity contribution is -0.157. The molecule has 1 aliphatic heterocycles. The smallest absolute Gasteiger partial charge is 0.320 e. The molecule has 0 aromatic carbocycles. The van der Waals surface area contributed by atoms with Crippen LogP contribution in [0.4, 0.5) is 0 Å². The minimum atomic E-state index is -0.906. The van der Waals surface area contributed by atoms with Gasteiger partial charge in [-0.25, -0.2) is 0 Å². The van der Waals surface area contributed by atoms with Crippen molar-refractivity contribution in [2.75, 3.05) is 72.0 Å². The van der Waals surface area contributed by atoms with E-state index in [1.807, 2.05) is 56.2 Å². The highest BCUT2D eigenvalue weighted by atomic mass is 16.6. The molecule has 32 heavy (non-hydrogen) atoms. The average Bonchev–Trinajstić information content (AvgIpc) is 2.57. The van der Waals surface area contributed by atoms with E-state index in [1.54, 1.807) is 0 Å². The van der Waals surface area contributed by atoms with Gasteiger partial charge in [0, 0.05) is 52.4 Å². The summed E-state index contributed by atoms with van der Waals surface area (Å²) in [4.78, 5) is 41.7. The number of esters is 2. The van der Waals surface area contributed by atoms with E-state index in [9.17, 15) is 19.5 Å². The molecule has 0 aromatic heterocycles. The predicted molar refractivity (Wildman–Crippen MR) is 122 cm³/mol. The van der Waals surface area contributed by atoms with Gasteiger partial charge in [0.1, 0.15) is 11.2 Å². The molecule has 0 unspecified atom stereocenters. The van der Waals surface area contributed by atoms with Crippen LogP contribution in [0.1, 0.15) is 41.5 Å². The number of rotatable bonds is 6. The minimum absolute atomic E-state index is 0.0984. The summed E-state index contributed by atoms with van der Waals surface area (Å²) in [5.41, 5.74) is -1.09. The Morgan fingerprint density at radius 1 is 0.688 bits per heavy atom. The fraction of sp³-hybridized carbons (Fsp3) is 0.864. The Balaban J connectivity index is 2.75. The molecule has 0 aliphatic carbocycles. The average molecular weight is 459 g/mol. The Kier molecular flexibility index (Phi) is 11.6. The van der Waals surface area contributed by atoms with Crippen molar-refractivity contribution in [1.82, 2.24) is 20.0 Å². The molecule has 10 nitrogen and oxygen atoms in total. The van der Waals surface area contributed by atoms with Gasteiger partial charge in [-0.3, -0.25) is 29.1 Å². The van der Waals surface area contributed by atoms with E-state index in [0.717, 1.165) is 0 Å². The van der Waals surface area contributed by atoms with E-state index in [2.05, 4.69) is 5.32 Å². The number of nitrogens with zero attached hydrogens (tertiary/aromatic N) is 3. The van der Waals surface area contributed by atoms with E-state index in [0.29, 0.717) is 52.4 Å². The number of carbonyl (C=O) groups excluding carboxylic acids is 2. The Morgan fingerprint density at radius 3 is 1.34 bits per heavy atom. The molecule has 2 N–H and O–H groups in total. The lowest BCUT2D eigenvalue weighted by Crippen LogP contribution is -2.48. The van der Waals surface area contributed by atoms with E-state index in [-0.39, 0.29) is 31.6 Å². The van der Waals surface area contributed by atoms with E-state index >= 15 is 0 Å². The SMILES string of the molecule is CC(C)(C)OC(=O)CN1CCNCCN(CC(=O)OC(C)(C)C)CCN(CC(=O)O)CC1. The number of hydrogen-bond acceptors (Lipinski definition) is 9. The van der Waals surface area contributed by atoms with Crippen molar-refractivity contribution in [2.24, 2.45) is 0 Å². The van der Waals surface area contributed by atoms with Crippen molar-refractivity contribution < 1.29 is 29.0 Å². The number of hydrogen-bond donors (Lipinski definition) is 2. The summed E-state index contributed by atoms with van der Waals surface area (Å²) in [5.74, 6) is -1.49. The van der Waals surface area contributed by atoms with Crippen LogP contribution in [0, 0.1) is 0 Å². The third kappa shape index (κ3) is 14.3. The van der Waals surface area contributed by atoms with E-state index < -0.39 is 17.2 Å². The first kappa shape index (κ1) is 28.3. The van der Waals surface area contributed by atoms with Crippen molar-refractivity contribution >= 4 is 17.9 Å².